The van der Waals surface area contributed by atoms with Gasteiger partial charge in [-0.05, 0) is 107 Å². The zero-order chi connectivity index (χ0) is 37.5. The van der Waals surface area contributed by atoms with E-state index in [0.717, 1.165) is 22.7 Å². The van der Waals surface area contributed by atoms with Crippen LogP contribution >= 0.6 is 0 Å². The smallest absolute Gasteiger partial charge is 0.0620 e. The highest BCUT2D eigenvalue weighted by Gasteiger charge is 2.20. The van der Waals surface area contributed by atoms with Crippen LogP contribution in [0.15, 0.2) is 212 Å². The molecule has 3 heteroatoms. The van der Waals surface area contributed by atoms with Crippen molar-refractivity contribution in [3.05, 3.63) is 212 Å². The maximum atomic E-state index is 2.44. The highest BCUT2D eigenvalue weighted by atomic mass is 15.1. The fourth-order valence-electron chi connectivity index (χ4n) is 9.26. The van der Waals surface area contributed by atoms with Crippen LogP contribution in [0.4, 0.5) is 17.1 Å². The molecule has 0 saturated heterocycles. The van der Waals surface area contributed by atoms with Crippen molar-refractivity contribution in [3.8, 4) is 27.9 Å². The second-order valence-corrected chi connectivity index (χ2v) is 15.0. The molecule has 0 fully saturated rings. The molecule has 0 aliphatic rings. The lowest BCUT2D eigenvalue weighted by molar-refractivity contribution is 1.18. The van der Waals surface area contributed by atoms with Crippen LogP contribution in [0, 0.1) is 0 Å². The van der Waals surface area contributed by atoms with Crippen molar-refractivity contribution in [1.29, 1.82) is 0 Å². The number of rotatable bonds is 6. The molecule has 3 nitrogen and oxygen atoms in total. The molecule has 0 saturated carbocycles. The first-order valence-corrected chi connectivity index (χ1v) is 19.6. The van der Waals surface area contributed by atoms with Crippen molar-refractivity contribution in [2.45, 2.75) is 0 Å². The standard InChI is InChI=1S/C54H35N3/c1-3-13-36(14-4-1)37-23-27-41(28-24-37)55(43-31-32-53-47(35-43)44-17-7-10-20-50(44)56(53)40-15-5-2-6-16-40)42-29-25-38(26-30-42)39-33-48-45-18-8-11-21-51(45)57-52-22-12-9-19-46(52)49(34-39)54(48)57/h1-35H. The molecule has 266 valence electrons. The summed E-state index contributed by atoms with van der Waals surface area (Å²) in [6, 6.07) is 77.4. The fraction of sp³-hybridized carbons (Fsp3) is 0. The number of anilines is 3. The Hall–Kier alpha value is -7.62. The third-order valence-electron chi connectivity index (χ3n) is 11.8. The summed E-state index contributed by atoms with van der Waals surface area (Å²) in [7, 11) is 0. The van der Waals surface area contributed by atoms with Crippen molar-refractivity contribution in [2.24, 2.45) is 0 Å². The van der Waals surface area contributed by atoms with Gasteiger partial charge in [-0.25, -0.2) is 0 Å². The van der Waals surface area contributed by atoms with Gasteiger partial charge >= 0.3 is 0 Å². The number of hydrogen-bond donors (Lipinski definition) is 0. The molecule has 0 atom stereocenters. The van der Waals surface area contributed by atoms with Gasteiger partial charge in [0.15, 0.2) is 0 Å². The minimum atomic E-state index is 1.10. The van der Waals surface area contributed by atoms with Crippen molar-refractivity contribution >= 4 is 77.0 Å². The number of nitrogens with zero attached hydrogens (tertiary/aromatic N) is 3. The van der Waals surface area contributed by atoms with Crippen LogP contribution in [0.1, 0.15) is 0 Å². The van der Waals surface area contributed by atoms with Crippen LogP contribution in [0.3, 0.4) is 0 Å². The number of fused-ring (bicyclic) bond motifs is 9. The lowest BCUT2D eigenvalue weighted by Gasteiger charge is -2.26. The summed E-state index contributed by atoms with van der Waals surface area (Å²) in [5.41, 5.74) is 15.5. The summed E-state index contributed by atoms with van der Waals surface area (Å²) in [4.78, 5) is 2.39. The quantitative estimate of drug-likeness (QED) is 0.166. The van der Waals surface area contributed by atoms with E-state index in [1.807, 2.05) is 0 Å². The first kappa shape index (κ1) is 31.7. The van der Waals surface area contributed by atoms with E-state index in [1.54, 1.807) is 0 Å². The van der Waals surface area contributed by atoms with E-state index in [1.165, 1.54) is 82.2 Å². The van der Waals surface area contributed by atoms with E-state index in [4.69, 9.17) is 0 Å². The number of aromatic nitrogens is 2. The monoisotopic (exact) mass is 725 g/mol. The molecule has 3 heterocycles. The van der Waals surface area contributed by atoms with Gasteiger partial charge in [-0.15, -0.1) is 0 Å². The average Bonchev–Trinajstić information content (AvgIpc) is 3.92. The lowest BCUT2D eigenvalue weighted by atomic mass is 9.99. The summed E-state index contributed by atoms with van der Waals surface area (Å²) >= 11 is 0. The molecule has 0 radical (unpaired) electrons. The number of benzene rings is 9. The van der Waals surface area contributed by atoms with E-state index < -0.39 is 0 Å². The van der Waals surface area contributed by atoms with E-state index in [9.17, 15) is 0 Å². The predicted molar refractivity (Wildman–Crippen MR) is 241 cm³/mol. The van der Waals surface area contributed by atoms with Gasteiger partial charge in [0.05, 0.1) is 27.6 Å². The van der Waals surface area contributed by atoms with Crippen LogP contribution < -0.4 is 4.90 Å². The molecule has 12 aromatic rings. The van der Waals surface area contributed by atoms with Gasteiger partial charge < -0.3 is 13.9 Å². The summed E-state index contributed by atoms with van der Waals surface area (Å²) in [6.07, 6.45) is 0. The highest BCUT2D eigenvalue weighted by molar-refractivity contribution is 6.24. The Morgan fingerprint density at radius 1 is 0.281 bits per heavy atom. The van der Waals surface area contributed by atoms with Gasteiger partial charge in [0, 0.05) is 55.1 Å². The third-order valence-corrected chi connectivity index (χ3v) is 11.8. The first-order chi connectivity index (χ1) is 28.3. The van der Waals surface area contributed by atoms with Crippen molar-refractivity contribution < 1.29 is 0 Å². The highest BCUT2D eigenvalue weighted by Crippen LogP contribution is 2.44. The number of hydrogen-bond acceptors (Lipinski definition) is 1. The van der Waals surface area contributed by atoms with Gasteiger partial charge in [0.1, 0.15) is 0 Å². The zero-order valence-electron chi connectivity index (χ0n) is 31.0. The van der Waals surface area contributed by atoms with Crippen LogP contribution in [-0.4, -0.2) is 8.97 Å². The second kappa shape index (κ2) is 12.5. The molecule has 0 spiro atoms. The summed E-state index contributed by atoms with van der Waals surface area (Å²) < 4.78 is 4.82. The maximum absolute atomic E-state index is 2.44. The molecule has 57 heavy (non-hydrogen) atoms. The summed E-state index contributed by atoms with van der Waals surface area (Å²) in [6.45, 7) is 0. The molecule has 0 aliphatic carbocycles. The summed E-state index contributed by atoms with van der Waals surface area (Å²) in [5, 5.41) is 7.62. The Balaban J connectivity index is 1.02. The van der Waals surface area contributed by atoms with Crippen LogP contribution in [-0.2, 0) is 0 Å². The van der Waals surface area contributed by atoms with Crippen LogP contribution in [0.5, 0.6) is 0 Å². The second-order valence-electron chi connectivity index (χ2n) is 15.0. The zero-order valence-corrected chi connectivity index (χ0v) is 31.0. The third kappa shape index (κ3) is 4.86. The van der Waals surface area contributed by atoms with E-state index in [2.05, 4.69) is 226 Å². The molecule has 0 N–H and O–H groups in total. The van der Waals surface area contributed by atoms with E-state index >= 15 is 0 Å². The van der Waals surface area contributed by atoms with Gasteiger partial charge in [-0.2, -0.15) is 0 Å². The van der Waals surface area contributed by atoms with E-state index in [-0.39, 0.29) is 0 Å². The Bertz CT molecular complexity index is 3350. The SMILES string of the molecule is c1ccc(-c2ccc(N(c3ccc(-c4cc5c6ccccc6n6c7ccccc7c(c4)c56)cc3)c3ccc4c(c3)c3ccccc3n4-c3ccccc3)cc2)cc1. The summed E-state index contributed by atoms with van der Waals surface area (Å²) in [5.74, 6) is 0. The Morgan fingerprint density at radius 3 is 1.32 bits per heavy atom. The van der Waals surface area contributed by atoms with Crippen molar-refractivity contribution in [2.75, 3.05) is 4.90 Å². The van der Waals surface area contributed by atoms with Gasteiger partial charge in [-0.3, -0.25) is 0 Å². The molecule has 9 aromatic carbocycles. The Labute approximate surface area is 329 Å². The van der Waals surface area contributed by atoms with Crippen molar-refractivity contribution in [1.82, 2.24) is 8.97 Å². The number of para-hydroxylation sites is 4. The van der Waals surface area contributed by atoms with Crippen molar-refractivity contribution in [3.63, 3.8) is 0 Å². The molecule has 12 rings (SSSR count). The predicted octanol–water partition coefficient (Wildman–Crippen LogP) is 14.7. The molecular weight excluding hydrogens is 691 g/mol. The topological polar surface area (TPSA) is 12.6 Å². The minimum absolute atomic E-state index is 1.10. The Morgan fingerprint density at radius 2 is 0.719 bits per heavy atom. The lowest BCUT2D eigenvalue weighted by Crippen LogP contribution is -2.10. The molecule has 0 amide bonds. The van der Waals surface area contributed by atoms with Gasteiger partial charge in [-0.1, -0.05) is 127 Å². The van der Waals surface area contributed by atoms with Crippen LogP contribution in [0.2, 0.25) is 0 Å². The van der Waals surface area contributed by atoms with Gasteiger partial charge in [0.2, 0.25) is 0 Å². The maximum Gasteiger partial charge on any atom is 0.0620 e. The first-order valence-electron chi connectivity index (χ1n) is 19.6. The molecule has 0 unspecified atom stereocenters. The Kier molecular flexibility index (Phi) is 6.93. The molecule has 0 bridgehead atoms. The largest absolute Gasteiger partial charge is 0.310 e. The fourth-order valence-corrected chi connectivity index (χ4v) is 9.26. The normalized spacial score (nSPS) is 11.9. The van der Waals surface area contributed by atoms with Crippen LogP contribution in [0.25, 0.3) is 87.8 Å². The van der Waals surface area contributed by atoms with E-state index in [0.29, 0.717) is 0 Å². The minimum Gasteiger partial charge on any atom is -0.310 e. The molecule has 3 aromatic heterocycles. The molecular formula is C54H35N3. The van der Waals surface area contributed by atoms with Gasteiger partial charge in [0.25, 0.3) is 0 Å². The average molecular weight is 726 g/mol. The molecule has 0 aliphatic heterocycles.